The molecule has 0 fully saturated rings. The van der Waals surface area contributed by atoms with Crippen LogP contribution in [0.3, 0.4) is 0 Å². The largest absolute Gasteiger partial charge is 0.457 e. The van der Waals surface area contributed by atoms with Crippen molar-refractivity contribution in [2.24, 2.45) is 0 Å². The fourth-order valence-corrected chi connectivity index (χ4v) is 5.70. The summed E-state index contributed by atoms with van der Waals surface area (Å²) < 4.78 is 7.15. The maximum Gasteiger partial charge on any atom is 0.128 e. The van der Waals surface area contributed by atoms with E-state index in [0.29, 0.717) is 32.8 Å². The summed E-state index contributed by atoms with van der Waals surface area (Å²) >= 11 is 3.78. The normalized spacial score (nSPS) is 11.8. The van der Waals surface area contributed by atoms with E-state index in [1.807, 2.05) is 48.5 Å². The number of halogens is 1. The highest BCUT2D eigenvalue weighted by Gasteiger charge is 2.23. The molecule has 0 atom stereocenters. The average molecular weight is 492 g/mol. The van der Waals surface area contributed by atoms with Crippen molar-refractivity contribution in [1.29, 1.82) is 0 Å². The van der Waals surface area contributed by atoms with Gasteiger partial charge in [0.05, 0.1) is 0 Å². The maximum atomic E-state index is 6.80. The smallest absolute Gasteiger partial charge is 0.128 e. The second kappa shape index (κ2) is 7.93. The van der Waals surface area contributed by atoms with E-state index in [1.54, 1.807) is 0 Å². The van der Waals surface area contributed by atoms with Crippen LogP contribution in [0, 0.1) is 0 Å². The van der Waals surface area contributed by atoms with Crippen LogP contribution in [0.25, 0.3) is 54.6 Å². The quantitative estimate of drug-likeness (QED) is 0.231. The topological polar surface area (TPSA) is 13.1 Å². The molecule has 9 heteroatoms. The van der Waals surface area contributed by atoms with Gasteiger partial charge in [-0.25, -0.2) is 0 Å². The molecule has 6 rings (SSSR count). The summed E-state index contributed by atoms with van der Waals surface area (Å²) in [5.74, 6) is 0. The van der Waals surface area contributed by atoms with Crippen LogP contribution in [-0.4, -0.2) is 54.9 Å². The van der Waals surface area contributed by atoms with E-state index in [9.17, 15) is 0 Å². The minimum atomic E-state index is 0.143. The minimum Gasteiger partial charge on any atom is -0.457 e. The number of benzene rings is 5. The van der Waals surface area contributed by atoms with E-state index in [4.69, 9.17) is 59.3 Å². The lowest BCUT2D eigenvalue weighted by Gasteiger charge is -2.21. The Labute approximate surface area is 220 Å². The molecule has 0 spiro atoms. The third-order valence-corrected chi connectivity index (χ3v) is 7.61. The monoisotopic (exact) mass is 492 g/mol. The molecule has 1 aromatic heterocycles. The van der Waals surface area contributed by atoms with Crippen LogP contribution in [-0.2, 0) is 0 Å². The molecular weight excluding hydrogens is 484 g/mol. The Kier molecular flexibility index (Phi) is 5.17. The summed E-state index contributed by atoms with van der Waals surface area (Å²) in [4.78, 5) is 0. The van der Waals surface area contributed by atoms with E-state index < -0.39 is 0 Å². The molecule has 146 valence electrons. The first-order valence-corrected chi connectivity index (χ1v) is 11.6. The number of rotatable bonds is 1. The standard InChI is InChI=1S/C26H8B7BrO/c27-17-14(13-9-5-1-3-7-11(9)24(34)12-8-4-2-6-10(12)13)20(30)25-15(18(17)28)16-19(29)21(31)22(32)23(33)26(16)35-25/h1-8H. The third kappa shape index (κ3) is 2.97. The van der Waals surface area contributed by atoms with Gasteiger partial charge >= 0.3 is 0 Å². The summed E-state index contributed by atoms with van der Waals surface area (Å²) in [5, 5.41) is 4.84. The van der Waals surface area contributed by atoms with Gasteiger partial charge in [0, 0.05) is 15.2 Å². The van der Waals surface area contributed by atoms with E-state index in [2.05, 4.69) is 15.9 Å². The number of furan rings is 1. The van der Waals surface area contributed by atoms with Crippen molar-refractivity contribution < 1.29 is 4.42 Å². The Balaban J connectivity index is 1.87. The Morgan fingerprint density at radius 3 is 1.43 bits per heavy atom. The van der Waals surface area contributed by atoms with E-state index in [-0.39, 0.29) is 32.9 Å². The SMILES string of the molecule is [B]c1c([B])c([B])c2c(oc3c([B])c(-c4c5ccccc5c(Br)c5ccccc45)c([B])c([B])c32)c1[B]. The molecule has 6 aromatic rings. The van der Waals surface area contributed by atoms with Crippen LogP contribution in [0.2, 0.25) is 0 Å². The average Bonchev–Trinajstić information content (AvgIpc) is 3.28. The first-order chi connectivity index (χ1) is 16.7. The first-order valence-electron chi connectivity index (χ1n) is 10.8. The second-order valence-corrected chi connectivity index (χ2v) is 9.35. The molecular formula is C26H8B7BrO. The third-order valence-electron chi connectivity index (χ3n) is 6.75. The molecule has 1 nitrogen and oxygen atoms in total. The number of hydrogen-bond acceptors (Lipinski definition) is 1. The molecule has 0 aliphatic heterocycles. The Bertz CT molecular complexity index is 1830. The highest BCUT2D eigenvalue weighted by molar-refractivity contribution is 9.10. The summed E-state index contributed by atoms with van der Waals surface area (Å²) in [5.41, 5.74) is 3.59. The van der Waals surface area contributed by atoms with E-state index >= 15 is 0 Å². The zero-order valence-corrected chi connectivity index (χ0v) is 20.0. The van der Waals surface area contributed by atoms with Gasteiger partial charge in [-0.1, -0.05) is 70.4 Å². The van der Waals surface area contributed by atoms with Crippen molar-refractivity contribution in [3.63, 3.8) is 0 Å². The van der Waals surface area contributed by atoms with Crippen molar-refractivity contribution in [3.8, 4) is 11.1 Å². The predicted octanol–water partition coefficient (Wildman–Crippen LogP) is -0.121. The zero-order chi connectivity index (χ0) is 24.8. The first kappa shape index (κ1) is 22.8. The highest BCUT2D eigenvalue weighted by atomic mass is 79.9. The molecule has 0 unspecified atom stereocenters. The lowest BCUT2D eigenvalue weighted by molar-refractivity contribution is 0.675. The zero-order valence-electron chi connectivity index (χ0n) is 18.4. The molecule has 0 amide bonds. The van der Waals surface area contributed by atoms with Crippen LogP contribution in [0.15, 0.2) is 57.4 Å². The molecule has 0 bridgehead atoms. The van der Waals surface area contributed by atoms with E-state index in [0.717, 1.165) is 31.6 Å². The lowest BCUT2D eigenvalue weighted by atomic mass is 9.64. The maximum absolute atomic E-state index is 6.80. The Morgan fingerprint density at radius 2 is 0.886 bits per heavy atom. The van der Waals surface area contributed by atoms with Gasteiger partial charge < -0.3 is 4.42 Å². The summed E-state index contributed by atoms with van der Waals surface area (Å²) in [6, 6.07) is 16.0. The van der Waals surface area contributed by atoms with Gasteiger partial charge in [0.15, 0.2) is 0 Å². The summed E-state index contributed by atoms with van der Waals surface area (Å²) in [7, 11) is 44.9. The Morgan fingerprint density at radius 1 is 0.457 bits per heavy atom. The van der Waals surface area contributed by atoms with Crippen molar-refractivity contribution in [1.82, 2.24) is 0 Å². The van der Waals surface area contributed by atoms with Crippen molar-refractivity contribution in [2.45, 2.75) is 0 Å². The molecule has 5 aromatic carbocycles. The van der Waals surface area contributed by atoms with Gasteiger partial charge in [-0.15, -0.1) is 10.9 Å². The molecule has 0 saturated heterocycles. The number of hydrogen-bond donors (Lipinski definition) is 0. The second-order valence-electron chi connectivity index (χ2n) is 8.56. The Hall–Kier alpha value is -2.65. The van der Waals surface area contributed by atoms with Gasteiger partial charge in [0.1, 0.15) is 66.1 Å². The minimum absolute atomic E-state index is 0.143. The molecule has 14 radical (unpaired) electrons. The van der Waals surface area contributed by atoms with Crippen LogP contribution in [0.4, 0.5) is 0 Å². The summed E-state index contributed by atoms with van der Waals surface area (Å²) in [6.45, 7) is 0. The van der Waals surface area contributed by atoms with Crippen LogP contribution < -0.4 is 38.2 Å². The van der Waals surface area contributed by atoms with E-state index in [1.165, 1.54) is 0 Å². The van der Waals surface area contributed by atoms with Crippen LogP contribution in [0.1, 0.15) is 0 Å². The van der Waals surface area contributed by atoms with Crippen molar-refractivity contribution in [2.75, 3.05) is 0 Å². The van der Waals surface area contributed by atoms with Gasteiger partial charge in [0.2, 0.25) is 0 Å². The molecule has 0 N–H and O–H groups in total. The summed E-state index contributed by atoms with van der Waals surface area (Å²) in [6.07, 6.45) is 0. The van der Waals surface area contributed by atoms with Gasteiger partial charge in [-0.05, 0) is 54.1 Å². The van der Waals surface area contributed by atoms with Crippen LogP contribution >= 0.6 is 15.9 Å². The van der Waals surface area contributed by atoms with Gasteiger partial charge in [0.25, 0.3) is 0 Å². The van der Waals surface area contributed by atoms with Gasteiger partial charge in [-0.3, -0.25) is 0 Å². The molecule has 1 heterocycles. The fraction of sp³-hybridized carbons (Fsp3) is 0. The lowest BCUT2D eigenvalue weighted by Crippen LogP contribution is -2.47. The molecule has 0 aliphatic carbocycles. The van der Waals surface area contributed by atoms with Crippen molar-refractivity contribution in [3.05, 3.63) is 53.0 Å². The molecule has 0 saturated carbocycles. The van der Waals surface area contributed by atoms with Crippen LogP contribution in [0.5, 0.6) is 0 Å². The fourth-order valence-electron chi connectivity index (χ4n) is 5.01. The van der Waals surface area contributed by atoms with Gasteiger partial charge in [-0.2, -0.15) is 0 Å². The van der Waals surface area contributed by atoms with Crippen molar-refractivity contribution >= 4 is 153 Å². The number of fused-ring (bicyclic) bond motifs is 5. The predicted molar refractivity (Wildman–Crippen MR) is 160 cm³/mol. The molecule has 35 heavy (non-hydrogen) atoms. The highest BCUT2D eigenvalue weighted by Crippen LogP contribution is 2.41. The molecule has 0 aliphatic rings.